The number of alkyl halides is 1. The van der Waals surface area contributed by atoms with Crippen LogP contribution in [-0.2, 0) is 4.79 Å². The van der Waals surface area contributed by atoms with Crippen molar-refractivity contribution in [3.8, 4) is 0 Å². The normalized spacial score (nSPS) is 12.2. The molecular formula is C6H9INOS. The Hall–Kier alpha value is 0.290. The van der Waals surface area contributed by atoms with Crippen molar-refractivity contribution in [2.45, 2.75) is 17.3 Å². The SMILES string of the molecule is CCC(=O)NCC(I)[C]=S. The quantitative estimate of drug-likeness (QED) is 0.472. The van der Waals surface area contributed by atoms with Crippen LogP contribution in [-0.4, -0.2) is 21.7 Å². The molecule has 0 aromatic carbocycles. The molecule has 1 radical (unpaired) electrons. The minimum absolute atomic E-state index is 0.0620. The molecule has 0 aromatic rings. The van der Waals surface area contributed by atoms with E-state index in [4.69, 9.17) is 0 Å². The largest absolute Gasteiger partial charge is 0.355 e. The second-order valence-corrected chi connectivity index (χ2v) is 3.48. The third-order valence-corrected chi connectivity index (χ3v) is 2.39. The van der Waals surface area contributed by atoms with Crippen LogP contribution in [0.2, 0.25) is 0 Å². The molecule has 0 aliphatic rings. The van der Waals surface area contributed by atoms with Crippen molar-refractivity contribution in [2.75, 3.05) is 6.54 Å². The maximum atomic E-state index is 10.7. The summed E-state index contributed by atoms with van der Waals surface area (Å²) in [6.07, 6.45) is 0.529. The van der Waals surface area contributed by atoms with E-state index in [1.165, 1.54) is 0 Å². The zero-order chi connectivity index (χ0) is 7.98. The minimum Gasteiger partial charge on any atom is -0.355 e. The van der Waals surface area contributed by atoms with Crippen LogP contribution in [0, 0.1) is 0 Å². The monoisotopic (exact) mass is 270 g/mol. The summed E-state index contributed by atoms with van der Waals surface area (Å²) in [5.41, 5.74) is 0. The van der Waals surface area contributed by atoms with E-state index in [2.05, 4.69) is 45.5 Å². The van der Waals surface area contributed by atoms with Gasteiger partial charge >= 0.3 is 0 Å². The topological polar surface area (TPSA) is 29.1 Å². The van der Waals surface area contributed by atoms with E-state index in [0.717, 1.165) is 0 Å². The standard InChI is InChI=1S/C6H9INOS/c1-2-6(9)8-3-5(7)4-10/h5H,2-3H2,1H3,(H,8,9). The molecule has 0 aliphatic carbocycles. The fourth-order valence-corrected chi connectivity index (χ4v) is 0.674. The minimum atomic E-state index is 0.0620. The van der Waals surface area contributed by atoms with Gasteiger partial charge in [0.15, 0.2) is 0 Å². The highest BCUT2D eigenvalue weighted by molar-refractivity contribution is 14.1. The molecule has 0 rings (SSSR count). The third kappa shape index (κ3) is 5.10. The lowest BCUT2D eigenvalue weighted by molar-refractivity contribution is -0.120. The summed E-state index contributed by atoms with van der Waals surface area (Å²) in [6, 6.07) is 0. The summed E-state index contributed by atoms with van der Waals surface area (Å²) in [5.74, 6) is 0.0620. The zero-order valence-electron chi connectivity index (χ0n) is 5.69. The first-order chi connectivity index (χ1) is 4.70. The molecule has 4 heteroatoms. The van der Waals surface area contributed by atoms with Gasteiger partial charge in [-0.25, -0.2) is 0 Å². The predicted molar refractivity (Wildman–Crippen MR) is 53.7 cm³/mol. The fourth-order valence-electron chi connectivity index (χ4n) is 0.370. The second-order valence-electron chi connectivity index (χ2n) is 1.74. The Kier molecular flexibility index (Phi) is 6.20. The molecule has 0 spiro atoms. The number of carbonyl (C=O) groups excluding carboxylic acids is 1. The molecule has 10 heavy (non-hydrogen) atoms. The maximum absolute atomic E-state index is 10.7. The van der Waals surface area contributed by atoms with Gasteiger partial charge in [0, 0.05) is 18.3 Å². The van der Waals surface area contributed by atoms with Gasteiger partial charge in [-0.2, -0.15) is 0 Å². The Bertz CT molecular complexity index is 129. The molecule has 0 bridgehead atoms. The van der Waals surface area contributed by atoms with E-state index >= 15 is 0 Å². The highest BCUT2D eigenvalue weighted by Gasteiger charge is 2.00. The van der Waals surface area contributed by atoms with Gasteiger partial charge in [-0.3, -0.25) is 4.79 Å². The number of nitrogens with one attached hydrogen (secondary N) is 1. The van der Waals surface area contributed by atoms with Crippen LogP contribution >= 0.6 is 34.8 Å². The maximum Gasteiger partial charge on any atom is 0.219 e. The summed E-state index contributed by atoms with van der Waals surface area (Å²) >= 11 is 6.68. The molecular weight excluding hydrogens is 261 g/mol. The number of halogens is 1. The molecule has 0 saturated heterocycles. The molecule has 0 saturated carbocycles. The second kappa shape index (κ2) is 6.03. The highest BCUT2D eigenvalue weighted by atomic mass is 127. The van der Waals surface area contributed by atoms with Gasteiger partial charge < -0.3 is 5.32 Å². The average molecular weight is 270 g/mol. The van der Waals surface area contributed by atoms with E-state index < -0.39 is 0 Å². The molecule has 0 fully saturated rings. The van der Waals surface area contributed by atoms with Crippen LogP contribution in [0.25, 0.3) is 0 Å². The molecule has 1 unspecified atom stereocenters. The summed E-state index contributed by atoms with van der Waals surface area (Å²) in [6.45, 7) is 2.41. The summed E-state index contributed by atoms with van der Waals surface area (Å²) in [5, 5.41) is 5.31. The Morgan fingerprint density at radius 3 is 2.90 bits per heavy atom. The molecule has 0 heterocycles. The van der Waals surface area contributed by atoms with Gasteiger partial charge in [-0.05, 0) is 0 Å². The average Bonchev–Trinajstić information content (AvgIpc) is 1.99. The van der Waals surface area contributed by atoms with Gasteiger partial charge in [-0.15, -0.1) is 0 Å². The van der Waals surface area contributed by atoms with Crippen LogP contribution < -0.4 is 5.32 Å². The summed E-state index contributed by atoms with van der Waals surface area (Å²) < 4.78 is 0.142. The highest BCUT2D eigenvalue weighted by Crippen LogP contribution is 1.94. The smallest absolute Gasteiger partial charge is 0.219 e. The van der Waals surface area contributed by atoms with Crippen molar-refractivity contribution in [1.82, 2.24) is 5.32 Å². The summed E-state index contributed by atoms with van der Waals surface area (Å²) in [7, 11) is 0. The van der Waals surface area contributed by atoms with Crippen LogP contribution in [0.3, 0.4) is 0 Å². The van der Waals surface area contributed by atoms with Crippen LogP contribution in [0.4, 0.5) is 0 Å². The third-order valence-electron chi connectivity index (χ3n) is 0.927. The Balaban J connectivity index is 3.34. The van der Waals surface area contributed by atoms with Crippen molar-refractivity contribution in [1.29, 1.82) is 0 Å². The van der Waals surface area contributed by atoms with Crippen molar-refractivity contribution < 1.29 is 4.79 Å². The van der Waals surface area contributed by atoms with Gasteiger partial charge in [0.25, 0.3) is 0 Å². The van der Waals surface area contributed by atoms with Crippen LogP contribution in [0.5, 0.6) is 0 Å². The van der Waals surface area contributed by atoms with Crippen molar-refractivity contribution in [2.24, 2.45) is 0 Å². The molecule has 0 aromatic heterocycles. The molecule has 1 atom stereocenters. The Labute approximate surface area is 79.9 Å². The van der Waals surface area contributed by atoms with E-state index in [9.17, 15) is 4.79 Å². The Morgan fingerprint density at radius 2 is 2.50 bits per heavy atom. The number of hydrogen-bond donors (Lipinski definition) is 1. The molecule has 2 nitrogen and oxygen atoms in total. The first-order valence-electron chi connectivity index (χ1n) is 2.99. The number of amides is 1. The number of thiocarbonyl (C=S) groups is 1. The molecule has 0 aliphatic heterocycles. The molecule has 57 valence electrons. The van der Waals surface area contributed by atoms with Gasteiger partial charge in [0.1, 0.15) is 0 Å². The molecule has 1 amide bonds. The van der Waals surface area contributed by atoms with Crippen molar-refractivity contribution in [3.05, 3.63) is 0 Å². The predicted octanol–water partition coefficient (Wildman–Crippen LogP) is 1.19. The molecule has 1 N–H and O–H groups in total. The number of hydrogen-bond acceptors (Lipinski definition) is 2. The van der Waals surface area contributed by atoms with Gasteiger partial charge in [-0.1, -0.05) is 41.7 Å². The van der Waals surface area contributed by atoms with Gasteiger partial charge in [0.2, 0.25) is 5.91 Å². The lowest BCUT2D eigenvalue weighted by Crippen LogP contribution is -2.28. The summed E-state index contributed by atoms with van der Waals surface area (Å²) in [4.78, 5) is 10.7. The van der Waals surface area contributed by atoms with Crippen LogP contribution in [0.15, 0.2) is 0 Å². The van der Waals surface area contributed by atoms with Crippen molar-refractivity contribution >= 4 is 46.1 Å². The Morgan fingerprint density at radius 1 is 1.90 bits per heavy atom. The first kappa shape index (κ1) is 10.3. The van der Waals surface area contributed by atoms with Crippen LogP contribution in [0.1, 0.15) is 13.3 Å². The first-order valence-corrected chi connectivity index (χ1v) is 4.64. The number of rotatable bonds is 4. The van der Waals surface area contributed by atoms with Gasteiger partial charge in [0.05, 0.1) is 3.92 Å². The van der Waals surface area contributed by atoms with E-state index in [0.29, 0.717) is 13.0 Å². The fraction of sp³-hybridized carbons (Fsp3) is 0.667. The lowest BCUT2D eigenvalue weighted by Gasteiger charge is -2.03. The van der Waals surface area contributed by atoms with E-state index in [1.807, 2.05) is 6.92 Å². The van der Waals surface area contributed by atoms with Crippen molar-refractivity contribution in [3.63, 3.8) is 0 Å². The zero-order valence-corrected chi connectivity index (χ0v) is 8.66. The lowest BCUT2D eigenvalue weighted by atomic mass is 10.4. The van der Waals surface area contributed by atoms with E-state index in [-0.39, 0.29) is 9.83 Å². The number of carbonyl (C=O) groups is 1. The van der Waals surface area contributed by atoms with E-state index in [1.54, 1.807) is 0 Å².